The highest BCUT2D eigenvalue weighted by Crippen LogP contribution is 2.19. The summed E-state index contributed by atoms with van der Waals surface area (Å²) in [7, 11) is 0. The Kier molecular flexibility index (Phi) is 5.77. The van der Waals surface area contributed by atoms with Gasteiger partial charge in [-0.1, -0.05) is 24.3 Å². The fourth-order valence-electron chi connectivity index (χ4n) is 3.50. The molecular formula is C24H24N2O3. The van der Waals surface area contributed by atoms with Crippen molar-refractivity contribution in [3.63, 3.8) is 0 Å². The monoisotopic (exact) mass is 388 g/mol. The van der Waals surface area contributed by atoms with Crippen LogP contribution in [0, 0.1) is 0 Å². The first-order valence-electron chi connectivity index (χ1n) is 9.79. The number of ketones is 1. The van der Waals surface area contributed by atoms with Gasteiger partial charge < -0.3 is 19.3 Å². The Bertz CT molecular complexity index is 999. The fourth-order valence-corrected chi connectivity index (χ4v) is 3.50. The van der Waals surface area contributed by atoms with Gasteiger partial charge in [0.15, 0.2) is 0 Å². The Labute approximate surface area is 170 Å². The molecule has 1 N–H and O–H groups in total. The molecule has 0 aliphatic carbocycles. The number of phenols is 1. The van der Waals surface area contributed by atoms with E-state index in [0.29, 0.717) is 17.8 Å². The number of ether oxygens (including phenoxy) is 1. The second kappa shape index (κ2) is 8.80. The molecule has 0 unspecified atom stereocenters. The number of allylic oxidation sites excluding steroid dienone is 1. The van der Waals surface area contributed by atoms with Gasteiger partial charge in [-0.25, -0.2) is 0 Å². The summed E-state index contributed by atoms with van der Waals surface area (Å²) in [6.07, 6.45) is 5.82. The van der Waals surface area contributed by atoms with Gasteiger partial charge in [0, 0.05) is 37.1 Å². The van der Waals surface area contributed by atoms with E-state index in [4.69, 9.17) is 4.74 Å². The fraction of sp³-hybridized carbons (Fsp3) is 0.208. The van der Waals surface area contributed by atoms with E-state index in [9.17, 15) is 9.90 Å². The number of benzene rings is 2. The van der Waals surface area contributed by atoms with Gasteiger partial charge in [-0.15, -0.1) is 0 Å². The number of rotatable bonds is 6. The topological polar surface area (TPSA) is 54.7 Å². The van der Waals surface area contributed by atoms with Crippen LogP contribution >= 0.6 is 0 Å². The lowest BCUT2D eigenvalue weighted by molar-refractivity contribution is 0.103. The minimum atomic E-state index is 0.00860. The molecule has 1 fully saturated rings. The van der Waals surface area contributed by atoms with Gasteiger partial charge in [-0.3, -0.25) is 4.79 Å². The van der Waals surface area contributed by atoms with Crippen LogP contribution in [0.4, 0.5) is 5.69 Å². The molecule has 0 atom stereocenters. The lowest BCUT2D eigenvalue weighted by Crippen LogP contribution is -2.36. The maximum absolute atomic E-state index is 13.0. The van der Waals surface area contributed by atoms with Gasteiger partial charge in [0.05, 0.1) is 18.9 Å². The van der Waals surface area contributed by atoms with Crippen molar-refractivity contribution < 1.29 is 14.6 Å². The molecule has 0 amide bonds. The van der Waals surface area contributed by atoms with E-state index in [1.54, 1.807) is 18.2 Å². The van der Waals surface area contributed by atoms with Crippen molar-refractivity contribution in [1.29, 1.82) is 0 Å². The lowest BCUT2D eigenvalue weighted by Gasteiger charge is -2.28. The van der Waals surface area contributed by atoms with Crippen LogP contribution < -0.4 is 4.90 Å². The quantitative estimate of drug-likeness (QED) is 0.649. The second-order valence-electron chi connectivity index (χ2n) is 7.02. The summed E-state index contributed by atoms with van der Waals surface area (Å²) in [6.45, 7) is 3.81. The van der Waals surface area contributed by atoms with Gasteiger partial charge in [-0.05, 0) is 54.1 Å². The molecule has 1 aliphatic rings. The zero-order chi connectivity index (χ0) is 20.1. The van der Waals surface area contributed by atoms with Gasteiger partial charge in [-0.2, -0.15) is 0 Å². The number of anilines is 1. The maximum Gasteiger partial charge on any atom is 0.209 e. The molecule has 1 aromatic heterocycles. The van der Waals surface area contributed by atoms with E-state index >= 15 is 0 Å². The second-order valence-corrected chi connectivity index (χ2v) is 7.02. The van der Waals surface area contributed by atoms with E-state index in [0.717, 1.165) is 37.6 Å². The number of hydrogen-bond donors (Lipinski definition) is 1. The normalized spacial score (nSPS) is 14.4. The van der Waals surface area contributed by atoms with Crippen LogP contribution in [-0.4, -0.2) is 41.8 Å². The largest absolute Gasteiger partial charge is 0.508 e. The van der Waals surface area contributed by atoms with Crippen LogP contribution in [0.3, 0.4) is 0 Å². The number of morpholine rings is 1. The van der Waals surface area contributed by atoms with Crippen LogP contribution in [0.15, 0.2) is 72.9 Å². The third-order valence-electron chi connectivity index (χ3n) is 5.05. The molecule has 5 nitrogen and oxygen atoms in total. The number of aromatic hydroxyl groups is 1. The summed E-state index contributed by atoms with van der Waals surface area (Å²) in [5.74, 6) is 0.249. The highest BCUT2D eigenvalue weighted by Gasteiger charge is 2.15. The molecule has 0 spiro atoms. The van der Waals surface area contributed by atoms with E-state index in [1.165, 1.54) is 0 Å². The van der Waals surface area contributed by atoms with Crippen molar-refractivity contribution in [3.8, 4) is 5.75 Å². The zero-order valence-corrected chi connectivity index (χ0v) is 16.2. The number of hydrogen-bond acceptors (Lipinski definition) is 4. The highest BCUT2D eigenvalue weighted by molar-refractivity contribution is 6.08. The number of carbonyl (C=O) groups excluding carboxylic acids is 1. The molecule has 3 aromatic rings. The van der Waals surface area contributed by atoms with Gasteiger partial charge in [0.2, 0.25) is 5.78 Å². The van der Waals surface area contributed by atoms with Crippen LogP contribution in [0.2, 0.25) is 0 Å². The number of nitrogens with zero attached hydrogens (tertiary/aromatic N) is 2. The van der Waals surface area contributed by atoms with Crippen molar-refractivity contribution in [2.75, 3.05) is 31.2 Å². The van der Waals surface area contributed by atoms with Crippen molar-refractivity contribution in [2.45, 2.75) is 6.54 Å². The smallest absolute Gasteiger partial charge is 0.209 e. The predicted octanol–water partition coefficient (Wildman–Crippen LogP) is 3.97. The average Bonchev–Trinajstić information content (AvgIpc) is 3.23. The van der Waals surface area contributed by atoms with E-state index in [-0.39, 0.29) is 11.5 Å². The van der Waals surface area contributed by atoms with Crippen molar-refractivity contribution in [3.05, 3.63) is 89.8 Å². The first-order chi connectivity index (χ1) is 14.2. The summed E-state index contributed by atoms with van der Waals surface area (Å²) in [6, 6.07) is 18.6. The van der Waals surface area contributed by atoms with Gasteiger partial charge >= 0.3 is 0 Å². The molecule has 0 saturated carbocycles. The highest BCUT2D eigenvalue weighted by atomic mass is 16.5. The molecule has 4 rings (SSSR count). The predicted molar refractivity (Wildman–Crippen MR) is 114 cm³/mol. The molecule has 148 valence electrons. The first-order valence-corrected chi connectivity index (χ1v) is 9.79. The van der Waals surface area contributed by atoms with E-state index < -0.39 is 0 Å². The molecule has 0 radical (unpaired) electrons. The minimum absolute atomic E-state index is 0.00860. The molecule has 1 saturated heterocycles. The molecule has 5 heteroatoms. The van der Waals surface area contributed by atoms with E-state index in [2.05, 4.69) is 4.90 Å². The molecular weight excluding hydrogens is 364 g/mol. The Morgan fingerprint density at radius 2 is 1.83 bits per heavy atom. The molecule has 2 aromatic carbocycles. The van der Waals surface area contributed by atoms with E-state index in [1.807, 2.05) is 65.4 Å². The number of aromatic nitrogens is 1. The number of phenolic OH excluding ortho intramolecular Hbond substituents is 1. The Balaban J connectivity index is 1.45. The number of carbonyl (C=O) groups is 1. The summed E-state index contributed by atoms with van der Waals surface area (Å²) in [4.78, 5) is 15.3. The van der Waals surface area contributed by atoms with Crippen molar-refractivity contribution in [1.82, 2.24) is 4.57 Å². The molecule has 29 heavy (non-hydrogen) atoms. The third-order valence-corrected chi connectivity index (χ3v) is 5.05. The average molecular weight is 388 g/mol. The summed E-state index contributed by atoms with van der Waals surface area (Å²) < 4.78 is 7.32. The molecule has 1 aliphatic heterocycles. The summed E-state index contributed by atoms with van der Waals surface area (Å²) in [5.41, 5.74) is 3.38. The van der Waals surface area contributed by atoms with Crippen molar-refractivity contribution >= 4 is 17.5 Å². The minimum Gasteiger partial charge on any atom is -0.508 e. The SMILES string of the molecule is O=C(c1ccc(N2CCOCC2)cc1)c1cccn1C/C=C/c1cccc(O)c1. The standard InChI is InChI=1S/C24H24N2O3/c27-22-6-1-4-19(18-22)5-2-12-26-13-3-7-23(26)24(28)20-8-10-21(11-9-20)25-14-16-29-17-15-25/h1-11,13,18,27H,12,14-17H2/b5-2+. The van der Waals surface area contributed by atoms with Crippen LogP contribution in [0.25, 0.3) is 6.08 Å². The third kappa shape index (κ3) is 4.58. The van der Waals surface area contributed by atoms with Crippen molar-refractivity contribution in [2.24, 2.45) is 0 Å². The van der Waals surface area contributed by atoms with Crippen LogP contribution in [0.1, 0.15) is 21.6 Å². The molecule has 2 heterocycles. The first kappa shape index (κ1) is 19.0. The summed E-state index contributed by atoms with van der Waals surface area (Å²) >= 11 is 0. The van der Waals surface area contributed by atoms with Crippen LogP contribution in [0.5, 0.6) is 5.75 Å². The Morgan fingerprint density at radius 1 is 1.03 bits per heavy atom. The van der Waals surface area contributed by atoms with Gasteiger partial charge in [0.25, 0.3) is 0 Å². The lowest BCUT2D eigenvalue weighted by atomic mass is 10.1. The summed E-state index contributed by atoms with van der Waals surface area (Å²) in [5, 5.41) is 9.55. The molecule has 0 bridgehead atoms. The van der Waals surface area contributed by atoms with Crippen LogP contribution in [-0.2, 0) is 11.3 Å². The van der Waals surface area contributed by atoms with Gasteiger partial charge in [0.1, 0.15) is 5.75 Å². The zero-order valence-electron chi connectivity index (χ0n) is 16.2. The Morgan fingerprint density at radius 3 is 2.59 bits per heavy atom. The maximum atomic E-state index is 13.0. The Hall–Kier alpha value is -3.31.